The van der Waals surface area contributed by atoms with Crippen LogP contribution in [0, 0.1) is 4.64 Å². The van der Waals surface area contributed by atoms with Crippen molar-refractivity contribution in [1.82, 2.24) is 19.5 Å². The third-order valence-electron chi connectivity index (χ3n) is 3.17. The molecule has 1 aliphatic rings. The number of nitrogens with zero attached hydrogens (tertiary/aromatic N) is 3. The van der Waals surface area contributed by atoms with E-state index >= 15 is 0 Å². The zero-order chi connectivity index (χ0) is 13.6. The molecule has 0 unspecified atom stereocenters. The molecule has 0 saturated carbocycles. The van der Waals surface area contributed by atoms with Gasteiger partial charge in [0.05, 0.1) is 19.3 Å². The maximum Gasteiger partial charge on any atom is 0.165 e. The summed E-state index contributed by atoms with van der Waals surface area (Å²) >= 11 is 5.04. The van der Waals surface area contributed by atoms with E-state index in [4.69, 9.17) is 22.1 Å². The van der Waals surface area contributed by atoms with Crippen molar-refractivity contribution in [2.24, 2.45) is 0 Å². The molecule has 4 N–H and O–H groups in total. The van der Waals surface area contributed by atoms with Gasteiger partial charge >= 0.3 is 0 Å². The molecule has 0 amide bonds. The lowest BCUT2D eigenvalue weighted by molar-refractivity contribution is -0.0511. The summed E-state index contributed by atoms with van der Waals surface area (Å²) in [6.45, 7) is -0.376. The Hall–Kier alpha value is -1.39. The summed E-state index contributed by atoms with van der Waals surface area (Å²) in [5.74, 6) is 0. The lowest BCUT2D eigenvalue weighted by atomic mass is 10.1. The fourth-order valence-electron chi connectivity index (χ4n) is 2.18. The fraction of sp³-hybridized carbons (Fsp3) is 0.500. The lowest BCUT2D eigenvalue weighted by Gasteiger charge is -2.16. The zero-order valence-electron chi connectivity index (χ0n) is 9.67. The third-order valence-corrected chi connectivity index (χ3v) is 3.47. The van der Waals surface area contributed by atoms with Crippen LogP contribution in [-0.2, 0) is 4.74 Å². The summed E-state index contributed by atoms with van der Waals surface area (Å²) in [5.41, 5.74) is 1.02. The van der Waals surface area contributed by atoms with Gasteiger partial charge in [-0.1, -0.05) is 12.2 Å². The van der Waals surface area contributed by atoms with Gasteiger partial charge in [-0.2, -0.15) is 0 Å². The molecule has 0 bridgehead atoms. The summed E-state index contributed by atoms with van der Waals surface area (Å²) in [5, 5.41) is 28.8. The Kier molecular flexibility index (Phi) is 3.07. The predicted octanol–water partition coefficient (Wildman–Crippen LogP) is -0.900. The number of H-pyrrole nitrogens is 1. The number of aromatic nitrogens is 4. The molecule has 4 atom stereocenters. The molecule has 2 aromatic rings. The first-order chi connectivity index (χ1) is 9.13. The number of aliphatic hydroxyl groups excluding tert-OH is 3. The molecular weight excluding hydrogens is 272 g/mol. The van der Waals surface area contributed by atoms with Crippen LogP contribution in [0.15, 0.2) is 12.7 Å². The fourth-order valence-corrected chi connectivity index (χ4v) is 2.38. The molecule has 0 spiro atoms. The number of aromatic amines is 1. The van der Waals surface area contributed by atoms with Crippen LogP contribution < -0.4 is 0 Å². The average Bonchev–Trinajstić information content (AvgIpc) is 2.94. The van der Waals surface area contributed by atoms with Gasteiger partial charge in [0.25, 0.3) is 0 Å². The van der Waals surface area contributed by atoms with Gasteiger partial charge in [0, 0.05) is 0 Å². The highest BCUT2D eigenvalue weighted by molar-refractivity contribution is 7.71. The van der Waals surface area contributed by atoms with Crippen LogP contribution in [-0.4, -0.2) is 59.8 Å². The van der Waals surface area contributed by atoms with Crippen LogP contribution in [0.25, 0.3) is 11.2 Å². The van der Waals surface area contributed by atoms with E-state index < -0.39 is 24.5 Å². The molecule has 19 heavy (non-hydrogen) atoms. The Bertz CT molecular complexity index is 656. The summed E-state index contributed by atoms with van der Waals surface area (Å²) in [4.78, 5) is 10.9. The molecule has 3 heterocycles. The number of ether oxygens (including phenoxy) is 1. The Morgan fingerprint density at radius 1 is 1.37 bits per heavy atom. The van der Waals surface area contributed by atoms with E-state index in [0.29, 0.717) is 15.8 Å². The van der Waals surface area contributed by atoms with Gasteiger partial charge in [-0.25, -0.2) is 9.97 Å². The van der Waals surface area contributed by atoms with E-state index in [9.17, 15) is 10.2 Å². The molecule has 1 saturated heterocycles. The highest BCUT2D eigenvalue weighted by atomic mass is 32.1. The monoisotopic (exact) mass is 284 g/mol. The van der Waals surface area contributed by atoms with Crippen molar-refractivity contribution in [3.8, 4) is 0 Å². The molecular formula is C10H12N4O4S. The summed E-state index contributed by atoms with van der Waals surface area (Å²) in [7, 11) is 0. The van der Waals surface area contributed by atoms with Crippen LogP contribution in [0.4, 0.5) is 0 Å². The Balaban J connectivity index is 2.06. The molecule has 0 aromatic carbocycles. The molecule has 8 nitrogen and oxygen atoms in total. The van der Waals surface area contributed by atoms with Crippen LogP contribution in [0.3, 0.4) is 0 Å². The molecule has 0 radical (unpaired) electrons. The Morgan fingerprint density at radius 3 is 2.84 bits per heavy atom. The first-order valence-corrected chi connectivity index (χ1v) is 6.07. The van der Waals surface area contributed by atoms with Crippen molar-refractivity contribution in [3.63, 3.8) is 0 Å². The number of rotatable bonds is 2. The van der Waals surface area contributed by atoms with Gasteiger partial charge < -0.3 is 25.0 Å². The van der Waals surface area contributed by atoms with E-state index in [0.717, 1.165) is 0 Å². The van der Waals surface area contributed by atoms with E-state index in [2.05, 4.69) is 15.0 Å². The smallest absolute Gasteiger partial charge is 0.165 e. The largest absolute Gasteiger partial charge is 0.394 e. The van der Waals surface area contributed by atoms with Gasteiger partial charge in [-0.05, 0) is 0 Å². The van der Waals surface area contributed by atoms with Gasteiger partial charge in [0.1, 0.15) is 29.5 Å². The van der Waals surface area contributed by atoms with E-state index in [1.807, 2.05) is 0 Å². The quantitative estimate of drug-likeness (QED) is 0.528. The van der Waals surface area contributed by atoms with Gasteiger partial charge in [-0.3, -0.25) is 4.57 Å². The van der Waals surface area contributed by atoms with Gasteiger partial charge in [-0.15, -0.1) is 0 Å². The van der Waals surface area contributed by atoms with E-state index in [-0.39, 0.29) is 6.61 Å². The maximum atomic E-state index is 9.97. The highest BCUT2D eigenvalue weighted by Gasteiger charge is 2.43. The summed E-state index contributed by atoms with van der Waals surface area (Å²) in [6.07, 6.45) is -1.13. The number of nitrogens with one attached hydrogen (secondary N) is 1. The standard InChI is InChI=1S/C10H12N4O4S/c15-1-4-6(16)7(17)10(18-4)14-3-13-5-8(14)11-2-12-9(5)19/h2-4,6-7,10,15-17H,1H2,(H,11,12,19)/t4-,6+,7-,10-/m0/s1. The molecule has 1 fully saturated rings. The minimum Gasteiger partial charge on any atom is -0.394 e. The zero-order valence-corrected chi connectivity index (χ0v) is 10.5. The summed E-state index contributed by atoms with van der Waals surface area (Å²) < 4.78 is 7.28. The topological polar surface area (TPSA) is 116 Å². The first kappa shape index (κ1) is 12.6. The van der Waals surface area contributed by atoms with E-state index in [1.54, 1.807) is 0 Å². The minimum atomic E-state index is -1.16. The first-order valence-electron chi connectivity index (χ1n) is 5.66. The van der Waals surface area contributed by atoms with Crippen LogP contribution >= 0.6 is 12.2 Å². The Morgan fingerprint density at radius 2 is 2.16 bits per heavy atom. The number of hydrogen-bond donors (Lipinski definition) is 4. The average molecular weight is 284 g/mol. The highest BCUT2D eigenvalue weighted by Crippen LogP contribution is 2.30. The normalized spacial score (nSPS) is 31.1. The maximum absolute atomic E-state index is 9.97. The van der Waals surface area contributed by atoms with Crippen LogP contribution in [0.2, 0.25) is 0 Å². The molecule has 1 aliphatic heterocycles. The van der Waals surface area contributed by atoms with Crippen LogP contribution in [0.1, 0.15) is 6.23 Å². The second-order valence-electron chi connectivity index (χ2n) is 4.29. The SMILES string of the molecule is OC[C@@H]1O[C@H](n2cnc3c(=S)nc[nH]c32)[C@@H](O)[C@@H]1O. The lowest BCUT2D eigenvalue weighted by Crippen LogP contribution is -2.33. The molecule has 9 heteroatoms. The van der Waals surface area contributed by atoms with Crippen molar-refractivity contribution in [3.05, 3.63) is 17.3 Å². The van der Waals surface area contributed by atoms with Gasteiger partial charge in [0.15, 0.2) is 10.9 Å². The second kappa shape index (κ2) is 4.62. The number of hydrogen-bond acceptors (Lipinski definition) is 7. The van der Waals surface area contributed by atoms with Crippen molar-refractivity contribution < 1.29 is 20.1 Å². The van der Waals surface area contributed by atoms with Crippen molar-refractivity contribution in [1.29, 1.82) is 0 Å². The van der Waals surface area contributed by atoms with Crippen LogP contribution in [0.5, 0.6) is 0 Å². The predicted molar refractivity (Wildman–Crippen MR) is 65.7 cm³/mol. The number of aliphatic hydroxyl groups is 3. The molecule has 2 aromatic heterocycles. The Labute approximate surface area is 112 Å². The van der Waals surface area contributed by atoms with Crippen molar-refractivity contribution >= 4 is 23.4 Å². The molecule has 102 valence electrons. The number of fused-ring (bicyclic) bond motifs is 1. The second-order valence-corrected chi connectivity index (χ2v) is 4.67. The van der Waals surface area contributed by atoms with Gasteiger partial charge in [0.2, 0.25) is 0 Å². The van der Waals surface area contributed by atoms with Crippen molar-refractivity contribution in [2.45, 2.75) is 24.5 Å². The number of imidazole rings is 1. The summed E-state index contributed by atoms with van der Waals surface area (Å²) in [6, 6.07) is 0. The third kappa shape index (κ3) is 1.86. The molecule has 0 aliphatic carbocycles. The molecule has 3 rings (SSSR count). The van der Waals surface area contributed by atoms with E-state index in [1.165, 1.54) is 17.2 Å². The minimum absolute atomic E-state index is 0.333. The van der Waals surface area contributed by atoms with Crippen molar-refractivity contribution in [2.75, 3.05) is 6.61 Å².